The summed E-state index contributed by atoms with van der Waals surface area (Å²) in [6.07, 6.45) is 1.67. The van der Waals surface area contributed by atoms with Crippen LogP contribution in [-0.2, 0) is 16.6 Å². The minimum absolute atomic E-state index is 0.0862. The van der Waals surface area contributed by atoms with Crippen LogP contribution in [0.25, 0.3) is 0 Å². The van der Waals surface area contributed by atoms with Crippen molar-refractivity contribution in [1.82, 2.24) is 9.62 Å². The highest BCUT2D eigenvalue weighted by molar-refractivity contribution is 7.89. The van der Waals surface area contributed by atoms with Gasteiger partial charge in [0.25, 0.3) is 5.91 Å². The fourth-order valence-corrected chi connectivity index (χ4v) is 4.92. The summed E-state index contributed by atoms with van der Waals surface area (Å²) in [5.74, 6) is 0.0927. The summed E-state index contributed by atoms with van der Waals surface area (Å²) < 4.78 is 27.3. The summed E-state index contributed by atoms with van der Waals surface area (Å²) in [5, 5.41) is 3.59. The van der Waals surface area contributed by atoms with E-state index in [0.29, 0.717) is 24.0 Å². The van der Waals surface area contributed by atoms with Crippen LogP contribution in [0.15, 0.2) is 47.4 Å². The molecule has 0 aliphatic carbocycles. The maximum Gasteiger partial charge on any atom is 0.253 e. The molecule has 0 radical (unpaired) electrons. The van der Waals surface area contributed by atoms with E-state index in [1.165, 1.54) is 22.5 Å². The molecule has 2 aromatic rings. The lowest BCUT2D eigenvalue weighted by molar-refractivity contribution is 0.0951. The van der Waals surface area contributed by atoms with E-state index in [1.54, 1.807) is 12.1 Å². The summed E-state index contributed by atoms with van der Waals surface area (Å²) in [6.45, 7) is 3.39. The number of benzene rings is 2. The van der Waals surface area contributed by atoms with Gasteiger partial charge in [-0.05, 0) is 54.7 Å². The van der Waals surface area contributed by atoms with Crippen molar-refractivity contribution in [1.29, 1.82) is 0 Å². The van der Waals surface area contributed by atoms with E-state index >= 15 is 0 Å². The first-order chi connectivity index (χ1) is 13.3. The second-order valence-corrected chi connectivity index (χ2v) is 9.82. The van der Waals surface area contributed by atoms with Gasteiger partial charge in [-0.2, -0.15) is 4.31 Å². The van der Waals surface area contributed by atoms with E-state index < -0.39 is 15.9 Å². The molecule has 0 bridgehead atoms. The number of carbonyl (C=O) groups excluding carboxylic acids is 1. The summed E-state index contributed by atoms with van der Waals surface area (Å²) in [6, 6.07) is 11.4. The number of nitrogens with zero attached hydrogens (tertiary/aromatic N) is 1. The zero-order valence-electron chi connectivity index (χ0n) is 15.5. The van der Waals surface area contributed by atoms with Crippen molar-refractivity contribution in [3.05, 3.63) is 63.6 Å². The van der Waals surface area contributed by atoms with Crippen molar-refractivity contribution < 1.29 is 13.2 Å². The van der Waals surface area contributed by atoms with Gasteiger partial charge in [-0.25, -0.2) is 8.42 Å². The SMILES string of the molecule is CC1CCN(S(=O)(=O)c2ccc(Cl)c(C(=O)NCc3ccc(Cl)cc3)c2)CC1. The molecular weight excluding hydrogens is 419 g/mol. The lowest BCUT2D eigenvalue weighted by Crippen LogP contribution is -2.38. The maximum absolute atomic E-state index is 12.9. The summed E-state index contributed by atoms with van der Waals surface area (Å²) in [5.41, 5.74) is 1.02. The molecule has 0 aromatic heterocycles. The van der Waals surface area contributed by atoms with Gasteiger partial charge in [0.1, 0.15) is 0 Å². The van der Waals surface area contributed by atoms with Gasteiger partial charge in [0.15, 0.2) is 0 Å². The monoisotopic (exact) mass is 440 g/mol. The van der Waals surface area contributed by atoms with Gasteiger partial charge in [-0.1, -0.05) is 42.3 Å². The Bertz CT molecular complexity index is 954. The lowest BCUT2D eigenvalue weighted by atomic mass is 10.0. The van der Waals surface area contributed by atoms with Crippen LogP contribution in [0.2, 0.25) is 10.0 Å². The molecule has 5 nitrogen and oxygen atoms in total. The Balaban J connectivity index is 1.76. The van der Waals surface area contributed by atoms with Crippen molar-refractivity contribution in [3.63, 3.8) is 0 Å². The van der Waals surface area contributed by atoms with Gasteiger partial charge < -0.3 is 5.32 Å². The number of hydrogen-bond donors (Lipinski definition) is 1. The van der Waals surface area contributed by atoms with Crippen molar-refractivity contribution >= 4 is 39.1 Å². The molecule has 2 aromatic carbocycles. The number of hydrogen-bond acceptors (Lipinski definition) is 3. The average molecular weight is 441 g/mol. The molecule has 1 heterocycles. The van der Waals surface area contributed by atoms with Crippen molar-refractivity contribution in [2.45, 2.75) is 31.2 Å². The Morgan fingerprint density at radius 3 is 2.39 bits per heavy atom. The fourth-order valence-electron chi connectivity index (χ4n) is 3.09. The van der Waals surface area contributed by atoms with E-state index in [4.69, 9.17) is 23.2 Å². The summed E-state index contributed by atoms with van der Waals surface area (Å²) in [7, 11) is -3.65. The van der Waals surface area contributed by atoms with Gasteiger partial charge in [-0.15, -0.1) is 0 Å². The number of halogens is 2. The molecule has 1 amide bonds. The van der Waals surface area contributed by atoms with Crippen LogP contribution in [0.4, 0.5) is 0 Å². The Morgan fingerprint density at radius 2 is 1.75 bits per heavy atom. The average Bonchev–Trinajstić information content (AvgIpc) is 2.68. The highest BCUT2D eigenvalue weighted by atomic mass is 35.5. The van der Waals surface area contributed by atoms with Crippen LogP contribution < -0.4 is 5.32 Å². The normalized spacial score (nSPS) is 16.1. The van der Waals surface area contributed by atoms with Gasteiger partial charge in [0.2, 0.25) is 10.0 Å². The molecule has 150 valence electrons. The molecular formula is C20H22Cl2N2O3S. The standard InChI is InChI=1S/C20H22Cl2N2O3S/c1-14-8-10-24(11-9-14)28(26,27)17-6-7-19(22)18(12-17)20(25)23-13-15-2-4-16(21)5-3-15/h2-7,12,14H,8-11,13H2,1H3,(H,23,25). The maximum atomic E-state index is 12.9. The Labute approximate surface area is 175 Å². The van der Waals surface area contributed by atoms with Crippen LogP contribution in [-0.4, -0.2) is 31.7 Å². The third kappa shape index (κ3) is 4.87. The molecule has 0 atom stereocenters. The summed E-state index contributed by atoms with van der Waals surface area (Å²) in [4.78, 5) is 12.7. The molecule has 3 rings (SSSR count). The largest absolute Gasteiger partial charge is 0.348 e. The molecule has 0 unspecified atom stereocenters. The molecule has 1 N–H and O–H groups in total. The Kier molecular flexibility index (Phi) is 6.65. The molecule has 1 saturated heterocycles. The number of amides is 1. The van der Waals surface area contributed by atoms with Crippen LogP contribution in [0.1, 0.15) is 35.7 Å². The second-order valence-electron chi connectivity index (χ2n) is 7.04. The summed E-state index contributed by atoms with van der Waals surface area (Å²) >= 11 is 12.0. The topological polar surface area (TPSA) is 66.5 Å². The van der Waals surface area contributed by atoms with Crippen LogP contribution in [0, 0.1) is 5.92 Å². The first kappa shape index (κ1) is 21.1. The number of carbonyl (C=O) groups is 1. The van der Waals surface area contributed by atoms with E-state index in [-0.39, 0.29) is 22.0 Å². The number of nitrogens with one attached hydrogen (secondary N) is 1. The van der Waals surface area contributed by atoms with E-state index in [9.17, 15) is 13.2 Å². The highest BCUT2D eigenvalue weighted by Crippen LogP contribution is 2.26. The molecule has 1 aliphatic heterocycles. The predicted octanol–water partition coefficient (Wildman–Crippen LogP) is 4.34. The first-order valence-electron chi connectivity index (χ1n) is 9.09. The fraction of sp³-hybridized carbons (Fsp3) is 0.350. The smallest absolute Gasteiger partial charge is 0.253 e. The molecule has 8 heteroatoms. The number of sulfonamides is 1. The third-order valence-electron chi connectivity index (χ3n) is 4.93. The number of piperidine rings is 1. The molecule has 1 aliphatic rings. The number of rotatable bonds is 5. The van der Waals surface area contributed by atoms with Crippen molar-refractivity contribution in [3.8, 4) is 0 Å². The molecule has 1 fully saturated rings. The lowest BCUT2D eigenvalue weighted by Gasteiger charge is -2.29. The third-order valence-corrected chi connectivity index (χ3v) is 7.41. The molecule has 0 spiro atoms. The first-order valence-corrected chi connectivity index (χ1v) is 11.3. The zero-order chi connectivity index (χ0) is 20.3. The van der Waals surface area contributed by atoms with E-state index in [0.717, 1.165) is 18.4 Å². The minimum Gasteiger partial charge on any atom is -0.348 e. The van der Waals surface area contributed by atoms with Crippen LogP contribution in [0.5, 0.6) is 0 Å². The zero-order valence-corrected chi connectivity index (χ0v) is 17.8. The highest BCUT2D eigenvalue weighted by Gasteiger charge is 2.29. The van der Waals surface area contributed by atoms with Crippen molar-refractivity contribution in [2.24, 2.45) is 5.92 Å². The minimum atomic E-state index is -3.65. The van der Waals surface area contributed by atoms with Gasteiger partial charge >= 0.3 is 0 Å². The van der Waals surface area contributed by atoms with E-state index in [1.807, 2.05) is 12.1 Å². The van der Waals surface area contributed by atoms with Crippen LogP contribution in [0.3, 0.4) is 0 Å². The Hall–Kier alpha value is -1.60. The van der Waals surface area contributed by atoms with E-state index in [2.05, 4.69) is 12.2 Å². The van der Waals surface area contributed by atoms with Crippen LogP contribution >= 0.6 is 23.2 Å². The molecule has 0 saturated carbocycles. The van der Waals surface area contributed by atoms with Gasteiger partial charge in [0.05, 0.1) is 15.5 Å². The van der Waals surface area contributed by atoms with Gasteiger partial charge in [-0.3, -0.25) is 4.79 Å². The second kappa shape index (κ2) is 8.82. The Morgan fingerprint density at radius 1 is 1.11 bits per heavy atom. The quantitative estimate of drug-likeness (QED) is 0.751. The predicted molar refractivity (Wildman–Crippen MR) is 111 cm³/mol. The van der Waals surface area contributed by atoms with Crippen molar-refractivity contribution in [2.75, 3.05) is 13.1 Å². The molecule has 28 heavy (non-hydrogen) atoms. The van der Waals surface area contributed by atoms with Gasteiger partial charge in [0, 0.05) is 24.7 Å².